The Bertz CT molecular complexity index is 919. The molecule has 0 radical (unpaired) electrons. The zero-order chi connectivity index (χ0) is 19.9. The first kappa shape index (κ1) is 19.4. The maximum absolute atomic E-state index is 10.9. The van der Waals surface area contributed by atoms with Crippen LogP contribution < -0.4 is 4.74 Å². The Morgan fingerprint density at radius 1 is 1.18 bits per heavy atom. The van der Waals surface area contributed by atoms with E-state index in [1.54, 1.807) is 18.6 Å². The number of hydrogen-bond donors (Lipinski definition) is 1. The normalized spacial score (nSPS) is 12.0. The van der Waals surface area contributed by atoms with Crippen molar-refractivity contribution in [3.8, 4) is 16.9 Å². The largest absolute Gasteiger partial charge is 0.482 e. The molecule has 144 valence electrons. The van der Waals surface area contributed by atoms with Crippen LogP contribution in [-0.2, 0) is 11.3 Å². The Balaban J connectivity index is 1.88. The van der Waals surface area contributed by atoms with E-state index in [1.165, 1.54) is 6.33 Å². The molecule has 0 unspecified atom stereocenters. The zero-order valence-corrected chi connectivity index (χ0v) is 15.8. The monoisotopic (exact) mass is 378 g/mol. The number of aromatic nitrogens is 3. The van der Waals surface area contributed by atoms with E-state index in [2.05, 4.69) is 26.8 Å². The molecule has 7 heteroatoms. The molecule has 0 saturated heterocycles. The average Bonchev–Trinajstić information content (AvgIpc) is 2.73. The second-order valence-electron chi connectivity index (χ2n) is 6.47. The summed E-state index contributed by atoms with van der Waals surface area (Å²) in [6.45, 7) is 2.24. The Morgan fingerprint density at radius 2 is 2.04 bits per heavy atom. The molecule has 0 saturated carbocycles. The number of nitrogens with zero attached hydrogens (tertiary/aromatic N) is 4. The summed E-state index contributed by atoms with van der Waals surface area (Å²) >= 11 is 0. The molecule has 0 bridgehead atoms. The van der Waals surface area contributed by atoms with Crippen molar-refractivity contribution in [2.24, 2.45) is 0 Å². The van der Waals surface area contributed by atoms with Crippen LogP contribution in [0.25, 0.3) is 11.1 Å². The fourth-order valence-corrected chi connectivity index (χ4v) is 2.88. The molecular weight excluding hydrogens is 356 g/mol. The summed E-state index contributed by atoms with van der Waals surface area (Å²) < 4.78 is 5.51. The minimum atomic E-state index is -1.01. The second-order valence-corrected chi connectivity index (χ2v) is 6.47. The molecule has 0 aliphatic rings. The van der Waals surface area contributed by atoms with Gasteiger partial charge in [-0.1, -0.05) is 12.1 Å². The van der Waals surface area contributed by atoms with Gasteiger partial charge in [-0.25, -0.2) is 14.8 Å². The third kappa shape index (κ3) is 4.89. The maximum Gasteiger partial charge on any atom is 0.341 e. The SMILES string of the molecule is C[C@H](c1ccncn1)N(C)Cc1cc(-c2cccnc2)ccc1OCC(=O)O. The molecule has 1 N–H and O–H groups in total. The van der Waals surface area contributed by atoms with Crippen LogP contribution in [0.1, 0.15) is 24.2 Å². The number of carboxylic acids is 1. The third-order valence-electron chi connectivity index (χ3n) is 4.52. The van der Waals surface area contributed by atoms with Crippen molar-refractivity contribution in [2.45, 2.75) is 19.5 Å². The molecule has 0 fully saturated rings. The molecule has 7 nitrogen and oxygen atoms in total. The van der Waals surface area contributed by atoms with Gasteiger partial charge in [0.1, 0.15) is 12.1 Å². The number of aliphatic carboxylic acids is 1. The van der Waals surface area contributed by atoms with Gasteiger partial charge < -0.3 is 9.84 Å². The Labute approximate surface area is 163 Å². The number of benzene rings is 1. The molecule has 3 rings (SSSR count). The molecule has 2 aromatic heterocycles. The van der Waals surface area contributed by atoms with Crippen LogP contribution in [0.4, 0.5) is 0 Å². The highest BCUT2D eigenvalue weighted by molar-refractivity contribution is 5.69. The standard InChI is InChI=1S/C21H22N4O3/c1-15(19-7-9-23-14-24-19)25(2)12-18-10-16(17-4-3-8-22-11-17)5-6-20(18)28-13-21(26)27/h3-11,14-15H,12-13H2,1-2H3,(H,26,27)/t15-/m1/s1. The van der Waals surface area contributed by atoms with Gasteiger partial charge in [0.05, 0.1) is 5.69 Å². The number of carboxylic acid groups (broad SMARTS) is 1. The van der Waals surface area contributed by atoms with Crippen molar-refractivity contribution in [2.75, 3.05) is 13.7 Å². The lowest BCUT2D eigenvalue weighted by atomic mass is 10.0. The highest BCUT2D eigenvalue weighted by Gasteiger charge is 2.16. The van der Waals surface area contributed by atoms with E-state index in [9.17, 15) is 4.79 Å². The third-order valence-corrected chi connectivity index (χ3v) is 4.52. The van der Waals surface area contributed by atoms with Gasteiger partial charge in [-0.3, -0.25) is 9.88 Å². The van der Waals surface area contributed by atoms with E-state index in [0.29, 0.717) is 12.3 Å². The summed E-state index contributed by atoms with van der Waals surface area (Å²) in [5.74, 6) is -0.457. The first-order valence-electron chi connectivity index (χ1n) is 8.88. The minimum absolute atomic E-state index is 0.0531. The smallest absolute Gasteiger partial charge is 0.341 e. The number of ether oxygens (including phenoxy) is 1. The van der Waals surface area contributed by atoms with Gasteiger partial charge in [0.2, 0.25) is 0 Å². The zero-order valence-electron chi connectivity index (χ0n) is 15.8. The highest BCUT2D eigenvalue weighted by Crippen LogP contribution is 2.29. The summed E-state index contributed by atoms with van der Waals surface area (Å²) in [4.78, 5) is 25.5. The predicted molar refractivity (Wildman–Crippen MR) is 105 cm³/mol. The van der Waals surface area contributed by atoms with Gasteiger partial charge in [0, 0.05) is 42.3 Å². The molecule has 0 aliphatic heterocycles. The lowest BCUT2D eigenvalue weighted by molar-refractivity contribution is -0.139. The topological polar surface area (TPSA) is 88.4 Å². The first-order chi connectivity index (χ1) is 13.5. The fourth-order valence-electron chi connectivity index (χ4n) is 2.88. The first-order valence-corrected chi connectivity index (χ1v) is 8.88. The van der Waals surface area contributed by atoms with Crippen LogP contribution in [0.15, 0.2) is 61.3 Å². The molecular formula is C21H22N4O3. The van der Waals surface area contributed by atoms with Crippen molar-refractivity contribution in [3.05, 3.63) is 72.6 Å². The van der Waals surface area contributed by atoms with E-state index >= 15 is 0 Å². The molecule has 3 aromatic rings. The van der Waals surface area contributed by atoms with E-state index in [-0.39, 0.29) is 12.6 Å². The van der Waals surface area contributed by atoms with Gasteiger partial charge in [-0.15, -0.1) is 0 Å². The van der Waals surface area contributed by atoms with Crippen LogP contribution in [0, 0.1) is 0 Å². The van der Waals surface area contributed by atoms with Gasteiger partial charge in [0.25, 0.3) is 0 Å². The van der Waals surface area contributed by atoms with Crippen molar-refractivity contribution in [1.29, 1.82) is 0 Å². The van der Waals surface area contributed by atoms with E-state index < -0.39 is 5.97 Å². The molecule has 0 spiro atoms. The summed E-state index contributed by atoms with van der Waals surface area (Å²) in [7, 11) is 1.99. The van der Waals surface area contributed by atoms with Crippen LogP contribution in [0.2, 0.25) is 0 Å². The second kappa shape index (κ2) is 9.05. The van der Waals surface area contributed by atoms with Gasteiger partial charge in [-0.2, -0.15) is 0 Å². The summed E-state index contributed by atoms with van der Waals surface area (Å²) in [5.41, 5.74) is 3.79. The van der Waals surface area contributed by atoms with Crippen molar-refractivity contribution < 1.29 is 14.6 Å². The van der Waals surface area contributed by atoms with Crippen LogP contribution >= 0.6 is 0 Å². The minimum Gasteiger partial charge on any atom is -0.482 e. The van der Waals surface area contributed by atoms with Gasteiger partial charge in [0.15, 0.2) is 6.61 Å². The molecule has 1 atom stereocenters. The molecule has 28 heavy (non-hydrogen) atoms. The predicted octanol–water partition coefficient (Wildman–Crippen LogP) is 3.20. The summed E-state index contributed by atoms with van der Waals surface area (Å²) in [6.07, 6.45) is 6.78. The molecule has 0 amide bonds. The number of carbonyl (C=O) groups is 1. The van der Waals surface area contributed by atoms with Gasteiger partial charge in [-0.05, 0) is 43.8 Å². The lowest BCUT2D eigenvalue weighted by Crippen LogP contribution is -2.23. The van der Waals surface area contributed by atoms with E-state index in [1.807, 2.05) is 43.4 Å². The van der Waals surface area contributed by atoms with Crippen molar-refractivity contribution in [3.63, 3.8) is 0 Å². The molecule has 2 heterocycles. The average molecular weight is 378 g/mol. The maximum atomic E-state index is 10.9. The van der Waals surface area contributed by atoms with E-state index in [0.717, 1.165) is 22.4 Å². The van der Waals surface area contributed by atoms with E-state index in [4.69, 9.17) is 9.84 Å². The number of pyridine rings is 1. The lowest BCUT2D eigenvalue weighted by Gasteiger charge is -2.25. The quantitative estimate of drug-likeness (QED) is 0.644. The van der Waals surface area contributed by atoms with Crippen molar-refractivity contribution >= 4 is 5.97 Å². The van der Waals surface area contributed by atoms with Crippen LogP contribution in [0.5, 0.6) is 5.75 Å². The molecule has 1 aromatic carbocycles. The van der Waals surface area contributed by atoms with Gasteiger partial charge >= 0.3 is 5.97 Å². The Morgan fingerprint density at radius 3 is 2.71 bits per heavy atom. The Hall–Kier alpha value is -3.32. The van der Waals surface area contributed by atoms with Crippen molar-refractivity contribution in [1.82, 2.24) is 19.9 Å². The number of hydrogen-bond acceptors (Lipinski definition) is 6. The fraction of sp³-hybridized carbons (Fsp3) is 0.238. The molecule has 0 aliphatic carbocycles. The number of rotatable bonds is 8. The summed E-state index contributed by atoms with van der Waals surface area (Å²) in [5, 5.41) is 8.96. The van der Waals surface area contributed by atoms with Crippen LogP contribution in [0.3, 0.4) is 0 Å². The highest BCUT2D eigenvalue weighted by atomic mass is 16.5. The Kier molecular flexibility index (Phi) is 6.29. The van der Waals surface area contributed by atoms with Crippen LogP contribution in [-0.4, -0.2) is 44.6 Å². The summed E-state index contributed by atoms with van der Waals surface area (Å²) in [6, 6.07) is 11.5.